The lowest BCUT2D eigenvalue weighted by atomic mass is 10.2. The van der Waals surface area contributed by atoms with E-state index in [0.29, 0.717) is 24.5 Å². The molecule has 0 aliphatic carbocycles. The number of hydrogen-bond donors (Lipinski definition) is 2. The molecule has 0 saturated heterocycles. The maximum absolute atomic E-state index is 12.1. The number of para-hydroxylation sites is 1. The van der Waals surface area contributed by atoms with Crippen molar-refractivity contribution < 1.29 is 4.79 Å². The van der Waals surface area contributed by atoms with Crippen LogP contribution < -0.4 is 10.6 Å². The molecule has 0 aliphatic heterocycles. The highest BCUT2D eigenvalue weighted by molar-refractivity contribution is 6.04. The van der Waals surface area contributed by atoms with Crippen molar-refractivity contribution in [1.82, 2.24) is 14.8 Å². The number of amides is 2. The molecule has 2 aromatic heterocycles. The van der Waals surface area contributed by atoms with Gasteiger partial charge in [-0.25, -0.2) is 4.79 Å². The van der Waals surface area contributed by atoms with Gasteiger partial charge in [0.25, 0.3) is 0 Å². The highest BCUT2D eigenvalue weighted by Gasteiger charge is 2.08. The van der Waals surface area contributed by atoms with Crippen LogP contribution in [0.25, 0.3) is 10.9 Å². The molecule has 114 valence electrons. The van der Waals surface area contributed by atoms with Crippen molar-refractivity contribution in [2.75, 3.05) is 10.6 Å². The van der Waals surface area contributed by atoms with E-state index in [9.17, 15) is 4.79 Å². The van der Waals surface area contributed by atoms with Gasteiger partial charge < -0.3 is 5.32 Å². The second-order valence-corrected chi connectivity index (χ2v) is 4.83. The number of urea groups is 1. The van der Waals surface area contributed by atoms with Crippen LogP contribution in [0.4, 0.5) is 16.3 Å². The quantitative estimate of drug-likeness (QED) is 0.774. The molecule has 7 heteroatoms. The molecule has 0 unspecified atom stereocenters. The summed E-state index contributed by atoms with van der Waals surface area (Å²) in [6, 6.07) is 12.7. The number of rotatable bonds is 4. The van der Waals surface area contributed by atoms with E-state index in [1.54, 1.807) is 29.2 Å². The van der Waals surface area contributed by atoms with Gasteiger partial charge in [-0.15, -0.1) is 0 Å². The molecule has 0 spiro atoms. The lowest BCUT2D eigenvalue weighted by Crippen LogP contribution is -2.20. The van der Waals surface area contributed by atoms with Gasteiger partial charge in [0.15, 0.2) is 5.82 Å². The summed E-state index contributed by atoms with van der Waals surface area (Å²) in [6.45, 7) is 0.493. The van der Waals surface area contributed by atoms with Gasteiger partial charge in [0.05, 0.1) is 30.2 Å². The predicted molar refractivity (Wildman–Crippen MR) is 86.8 cm³/mol. The number of nitriles is 1. The minimum absolute atomic E-state index is 0.370. The number of aryl methyl sites for hydroxylation is 1. The Morgan fingerprint density at radius 2 is 2.09 bits per heavy atom. The number of benzene rings is 1. The zero-order valence-corrected chi connectivity index (χ0v) is 12.2. The van der Waals surface area contributed by atoms with Crippen LogP contribution in [0.1, 0.15) is 6.42 Å². The highest BCUT2D eigenvalue weighted by Crippen LogP contribution is 2.20. The summed E-state index contributed by atoms with van der Waals surface area (Å²) in [6.07, 6.45) is 3.77. The Bertz CT molecular complexity index is 874. The van der Waals surface area contributed by atoms with Crippen molar-refractivity contribution in [3.63, 3.8) is 0 Å². The molecule has 23 heavy (non-hydrogen) atoms. The SMILES string of the molecule is N#CCCn1ccc(NC(=O)Nc2cccc3cccnc23)n1. The van der Waals surface area contributed by atoms with E-state index in [2.05, 4.69) is 20.7 Å². The average molecular weight is 306 g/mol. The summed E-state index contributed by atoms with van der Waals surface area (Å²) in [5.41, 5.74) is 1.36. The second kappa shape index (κ2) is 6.58. The minimum Gasteiger partial charge on any atom is -0.306 e. The minimum atomic E-state index is -0.395. The first kappa shape index (κ1) is 14.5. The third-order valence-electron chi connectivity index (χ3n) is 3.22. The molecule has 1 aromatic carbocycles. The molecule has 2 heterocycles. The molecule has 2 amide bonds. The third kappa shape index (κ3) is 3.44. The van der Waals surface area contributed by atoms with Crippen LogP contribution in [0, 0.1) is 11.3 Å². The number of aromatic nitrogens is 3. The molecule has 0 aliphatic rings. The van der Waals surface area contributed by atoms with Gasteiger partial charge >= 0.3 is 6.03 Å². The summed E-state index contributed by atoms with van der Waals surface area (Å²) in [4.78, 5) is 16.4. The molecule has 0 atom stereocenters. The van der Waals surface area contributed by atoms with Crippen molar-refractivity contribution in [3.05, 3.63) is 48.8 Å². The maximum Gasteiger partial charge on any atom is 0.324 e. The zero-order chi connectivity index (χ0) is 16.1. The van der Waals surface area contributed by atoms with E-state index in [0.717, 1.165) is 10.9 Å². The van der Waals surface area contributed by atoms with Crippen LogP contribution in [0.2, 0.25) is 0 Å². The van der Waals surface area contributed by atoms with Crippen molar-refractivity contribution in [2.24, 2.45) is 0 Å². The smallest absolute Gasteiger partial charge is 0.306 e. The molecular weight excluding hydrogens is 292 g/mol. The number of carbonyl (C=O) groups excluding carboxylic acids is 1. The van der Waals surface area contributed by atoms with Crippen LogP contribution in [0.5, 0.6) is 0 Å². The van der Waals surface area contributed by atoms with Crippen LogP contribution in [-0.2, 0) is 6.54 Å². The number of nitrogens with zero attached hydrogens (tertiary/aromatic N) is 4. The lowest BCUT2D eigenvalue weighted by Gasteiger charge is -2.08. The number of carbonyl (C=O) groups is 1. The average Bonchev–Trinajstić information content (AvgIpc) is 3.00. The van der Waals surface area contributed by atoms with Crippen molar-refractivity contribution >= 4 is 28.4 Å². The number of hydrogen-bond acceptors (Lipinski definition) is 4. The van der Waals surface area contributed by atoms with Gasteiger partial charge in [0, 0.05) is 23.8 Å². The number of pyridine rings is 1. The summed E-state index contributed by atoms with van der Waals surface area (Å²) in [7, 11) is 0. The fourth-order valence-corrected chi connectivity index (χ4v) is 2.19. The van der Waals surface area contributed by atoms with Gasteiger partial charge in [0.1, 0.15) is 0 Å². The number of anilines is 2. The van der Waals surface area contributed by atoms with Gasteiger partial charge in [-0.05, 0) is 12.1 Å². The molecule has 3 aromatic rings. The first-order chi connectivity index (χ1) is 11.3. The Hall–Kier alpha value is -3.40. The van der Waals surface area contributed by atoms with E-state index >= 15 is 0 Å². The zero-order valence-electron chi connectivity index (χ0n) is 12.2. The molecule has 0 radical (unpaired) electrons. The summed E-state index contributed by atoms with van der Waals surface area (Å²) in [5, 5.41) is 19.1. The van der Waals surface area contributed by atoms with Crippen LogP contribution in [-0.4, -0.2) is 20.8 Å². The maximum atomic E-state index is 12.1. The standard InChI is InChI=1S/C16H14N6O/c17-8-3-10-22-11-7-14(21-22)20-16(23)19-13-6-1-4-12-5-2-9-18-15(12)13/h1-2,4-7,9,11H,3,10H2,(H2,19,20,21,23). The Labute approximate surface area is 132 Å². The molecule has 0 saturated carbocycles. The Morgan fingerprint density at radius 3 is 2.96 bits per heavy atom. The number of fused-ring (bicyclic) bond motifs is 1. The van der Waals surface area contributed by atoms with Crippen molar-refractivity contribution in [1.29, 1.82) is 5.26 Å². The topological polar surface area (TPSA) is 95.6 Å². The van der Waals surface area contributed by atoms with Crippen LogP contribution in [0.15, 0.2) is 48.8 Å². The fraction of sp³-hybridized carbons (Fsp3) is 0.125. The Morgan fingerprint density at radius 1 is 1.22 bits per heavy atom. The van der Waals surface area contributed by atoms with E-state index < -0.39 is 6.03 Å². The molecule has 3 rings (SSSR count). The van der Waals surface area contributed by atoms with Crippen LogP contribution >= 0.6 is 0 Å². The fourth-order valence-electron chi connectivity index (χ4n) is 2.19. The van der Waals surface area contributed by atoms with E-state index in [-0.39, 0.29) is 0 Å². The first-order valence-corrected chi connectivity index (χ1v) is 7.08. The molecule has 0 bridgehead atoms. The summed E-state index contributed by atoms with van der Waals surface area (Å²) >= 11 is 0. The molecule has 7 nitrogen and oxygen atoms in total. The van der Waals surface area contributed by atoms with E-state index in [1.165, 1.54) is 0 Å². The van der Waals surface area contributed by atoms with Gasteiger partial charge in [0.2, 0.25) is 0 Å². The van der Waals surface area contributed by atoms with E-state index in [4.69, 9.17) is 5.26 Å². The lowest BCUT2D eigenvalue weighted by molar-refractivity contribution is 0.262. The Balaban J connectivity index is 1.69. The normalized spacial score (nSPS) is 10.2. The number of nitrogens with one attached hydrogen (secondary N) is 2. The van der Waals surface area contributed by atoms with Crippen molar-refractivity contribution in [2.45, 2.75) is 13.0 Å². The van der Waals surface area contributed by atoms with Crippen LogP contribution in [0.3, 0.4) is 0 Å². The van der Waals surface area contributed by atoms with E-state index in [1.807, 2.05) is 30.3 Å². The summed E-state index contributed by atoms with van der Waals surface area (Å²) in [5.74, 6) is 0.425. The first-order valence-electron chi connectivity index (χ1n) is 7.08. The second-order valence-electron chi connectivity index (χ2n) is 4.83. The van der Waals surface area contributed by atoms with Gasteiger partial charge in [-0.3, -0.25) is 15.0 Å². The van der Waals surface area contributed by atoms with Crippen molar-refractivity contribution in [3.8, 4) is 6.07 Å². The predicted octanol–water partition coefficient (Wildman–Crippen LogP) is 2.99. The molecule has 0 fully saturated rings. The molecule has 2 N–H and O–H groups in total. The van der Waals surface area contributed by atoms with Gasteiger partial charge in [-0.1, -0.05) is 18.2 Å². The Kier molecular flexibility index (Phi) is 4.16. The third-order valence-corrected chi connectivity index (χ3v) is 3.22. The summed E-state index contributed by atoms with van der Waals surface area (Å²) < 4.78 is 1.61. The largest absolute Gasteiger partial charge is 0.324 e. The highest BCUT2D eigenvalue weighted by atomic mass is 16.2. The van der Waals surface area contributed by atoms with Gasteiger partial charge in [-0.2, -0.15) is 10.4 Å². The molecular formula is C16H14N6O. The monoisotopic (exact) mass is 306 g/mol.